The zero-order chi connectivity index (χ0) is 70.1. The van der Waals surface area contributed by atoms with Gasteiger partial charge < -0.3 is 92.5 Å². The molecule has 2 aromatic rings. The summed E-state index contributed by atoms with van der Waals surface area (Å²) in [5, 5.41) is 21.1. The van der Waals surface area contributed by atoms with Gasteiger partial charge in [0.2, 0.25) is 76.8 Å². The Morgan fingerprint density at radius 3 is 1.51 bits per heavy atom. The second kappa shape index (κ2) is 41.0. The van der Waals surface area contributed by atoms with Gasteiger partial charge in [-0.2, -0.15) is 11.8 Å². The van der Waals surface area contributed by atoms with Gasteiger partial charge in [0, 0.05) is 45.3 Å². The fourth-order valence-corrected chi connectivity index (χ4v) is 11.5. The lowest BCUT2D eigenvalue weighted by atomic mass is 10.0. The average molecular weight is 1350 g/mol. The van der Waals surface area contributed by atoms with E-state index in [4.69, 9.17) is 40.1 Å². The molecule has 0 saturated carbocycles. The molecule has 4 rings (SSSR count). The SMILES string of the molecule is CSCC[C@H](NC(=O)[C@@H](CC(C)C)NC(=O)CNC(=O)[C@@H](Cc1ccccc1)NC(=O)[C@H](Cc1ccccc1)NC(=O)[C@@H](CCC(N)=O)NC(=O)[C@H](CCC(N)=O)NC(=O)[C@@H]1CCCN1C(=O)[C@@H](CCCCN)NC(=O)[C@@H]1CCCN1C(=O)[C@H](N)CCCN=C(N)N)C(N)=O. The van der Waals surface area contributed by atoms with Crippen molar-refractivity contribution in [3.63, 3.8) is 0 Å². The van der Waals surface area contributed by atoms with Crippen molar-refractivity contribution in [2.45, 2.75) is 183 Å². The highest BCUT2D eigenvalue weighted by Crippen LogP contribution is 2.24. The van der Waals surface area contributed by atoms with Crippen LogP contribution in [-0.2, 0) is 75.2 Å². The number of hydrogen-bond donors (Lipinski definition) is 15. The van der Waals surface area contributed by atoms with Gasteiger partial charge in [-0.3, -0.25) is 67.3 Å². The van der Waals surface area contributed by atoms with Gasteiger partial charge in [-0.25, -0.2) is 0 Å². The van der Waals surface area contributed by atoms with Crippen LogP contribution in [0.25, 0.3) is 0 Å². The van der Waals surface area contributed by atoms with Crippen molar-refractivity contribution < 1.29 is 62.3 Å². The number of primary amides is 3. The molecular weight excluding hydrogens is 1250 g/mol. The summed E-state index contributed by atoms with van der Waals surface area (Å²) in [7, 11) is 0. The predicted octanol–water partition coefficient (Wildman–Crippen LogP) is -3.71. The predicted molar refractivity (Wildman–Crippen MR) is 356 cm³/mol. The molecule has 0 spiro atoms. The highest BCUT2D eigenvalue weighted by molar-refractivity contribution is 7.98. The van der Waals surface area contributed by atoms with Gasteiger partial charge in [0.15, 0.2) is 5.96 Å². The highest BCUT2D eigenvalue weighted by Gasteiger charge is 2.42. The molecule has 2 fully saturated rings. The second-order valence-corrected chi connectivity index (χ2v) is 25.1. The summed E-state index contributed by atoms with van der Waals surface area (Å²) in [4.78, 5) is 185. The number of nitrogens with zero attached hydrogens (tertiary/aromatic N) is 3. The highest BCUT2D eigenvalue weighted by atomic mass is 32.2. The molecule has 0 unspecified atom stereocenters. The monoisotopic (exact) mass is 1350 g/mol. The van der Waals surface area contributed by atoms with Gasteiger partial charge >= 0.3 is 0 Å². The minimum Gasteiger partial charge on any atom is -0.370 e. The summed E-state index contributed by atoms with van der Waals surface area (Å²) in [6, 6.07) is 4.51. The number of amides is 13. The Hall–Kier alpha value is -8.91. The lowest BCUT2D eigenvalue weighted by Gasteiger charge is -2.32. The van der Waals surface area contributed by atoms with Crippen molar-refractivity contribution in [3.05, 3.63) is 71.8 Å². The Morgan fingerprint density at radius 1 is 0.537 bits per heavy atom. The summed E-state index contributed by atoms with van der Waals surface area (Å²) in [5.74, 6) is -9.80. The number of nitrogens with two attached hydrogens (primary N) is 7. The van der Waals surface area contributed by atoms with E-state index >= 15 is 0 Å². The van der Waals surface area contributed by atoms with Gasteiger partial charge in [0.1, 0.15) is 54.4 Å². The number of nitrogens with one attached hydrogen (secondary N) is 8. The third-order valence-electron chi connectivity index (χ3n) is 16.0. The maximum Gasteiger partial charge on any atom is 0.245 e. The van der Waals surface area contributed by atoms with E-state index in [-0.39, 0.29) is 83.0 Å². The van der Waals surface area contributed by atoms with E-state index in [1.54, 1.807) is 60.7 Å². The van der Waals surface area contributed by atoms with Crippen molar-refractivity contribution in [1.29, 1.82) is 0 Å². The fraction of sp³-hybridized carbons (Fsp3) is 0.587. The van der Waals surface area contributed by atoms with Crippen LogP contribution in [0.2, 0.25) is 0 Å². The lowest BCUT2D eigenvalue weighted by Crippen LogP contribution is -2.60. The number of thioether (sulfide) groups is 1. The first-order chi connectivity index (χ1) is 45.2. The number of unbranched alkanes of at least 4 members (excludes halogenated alkanes) is 1. The number of rotatable bonds is 42. The Kier molecular flexibility index (Phi) is 33.9. The van der Waals surface area contributed by atoms with Crippen LogP contribution < -0.4 is 82.7 Å². The molecule has 0 radical (unpaired) electrons. The zero-order valence-corrected chi connectivity index (χ0v) is 55.3. The van der Waals surface area contributed by atoms with Crippen LogP contribution in [0.1, 0.15) is 121 Å². The van der Waals surface area contributed by atoms with Crippen LogP contribution in [0, 0.1) is 5.92 Å². The van der Waals surface area contributed by atoms with E-state index < -0.39 is 169 Å². The van der Waals surface area contributed by atoms with Crippen LogP contribution in [0.4, 0.5) is 0 Å². The summed E-state index contributed by atoms with van der Waals surface area (Å²) in [6.07, 6.45) is 3.12. The Morgan fingerprint density at radius 2 is 1.01 bits per heavy atom. The second-order valence-electron chi connectivity index (χ2n) is 24.1. The first-order valence-corrected chi connectivity index (χ1v) is 33.6. The number of benzene rings is 2. The standard InChI is InChI=1S/C63H98N18O13S/c1-37(2)33-45(57(89)74-41(53(68)85)27-32-95-3)73-52(84)36-72-54(86)46(34-38-15-6-4-7-16-38)78-58(90)47(35-39-17-8-5-9-18-39)79-56(88)42(23-25-50(66)82)75-55(87)43(24-26-51(67)83)76-59(91)49-22-14-31-81(49)62(94)44(20-10-11-28-64)77-60(92)48-21-13-30-80(48)61(93)40(65)19-12-29-71-63(69)70/h4-9,15-18,37,40-49H,10-14,19-36,64-65H2,1-3H3,(H2,66,82)(H2,67,83)(H2,68,85)(H,72,86)(H,73,84)(H,74,89)(H,75,87)(H,76,91)(H,77,92)(H,78,90)(H,79,88)(H4,69,70,71)/t40-,41+,42-,43+,44-,45-,46-,47+,48+,49+/m1/s1. The van der Waals surface area contributed by atoms with E-state index in [0.717, 1.165) is 0 Å². The van der Waals surface area contributed by atoms with Crippen LogP contribution in [-0.4, -0.2) is 198 Å². The first kappa shape index (κ1) is 78.5. The van der Waals surface area contributed by atoms with E-state index in [0.29, 0.717) is 55.4 Å². The molecule has 13 amide bonds. The Labute approximate surface area is 558 Å². The van der Waals surface area contributed by atoms with E-state index in [1.807, 2.05) is 20.1 Å². The lowest BCUT2D eigenvalue weighted by molar-refractivity contribution is -0.144. The number of carbonyl (C=O) groups excluding carboxylic acids is 13. The van der Waals surface area contributed by atoms with Gasteiger partial charge in [0.25, 0.3) is 0 Å². The van der Waals surface area contributed by atoms with Gasteiger partial charge in [-0.1, -0.05) is 74.5 Å². The molecular formula is C63H98N18O13S. The molecule has 31 nitrogen and oxygen atoms in total. The molecule has 0 aromatic heterocycles. The topological polar surface area (TPSA) is 519 Å². The van der Waals surface area contributed by atoms with Crippen molar-refractivity contribution in [2.75, 3.05) is 44.7 Å². The van der Waals surface area contributed by atoms with Crippen molar-refractivity contribution in [1.82, 2.24) is 52.3 Å². The molecule has 0 bridgehead atoms. The Bertz CT molecular complexity index is 2960. The molecule has 2 aliphatic heterocycles. The molecule has 2 heterocycles. The quantitative estimate of drug-likeness (QED) is 0.0173. The van der Waals surface area contributed by atoms with Crippen LogP contribution in [0.5, 0.6) is 0 Å². The zero-order valence-electron chi connectivity index (χ0n) is 54.5. The third kappa shape index (κ3) is 27.5. The fourth-order valence-electron chi connectivity index (χ4n) is 11.0. The first-order valence-electron chi connectivity index (χ1n) is 32.2. The number of guanidine groups is 1. The van der Waals surface area contributed by atoms with Crippen molar-refractivity contribution >= 4 is 94.5 Å². The van der Waals surface area contributed by atoms with Crippen LogP contribution in [0.15, 0.2) is 65.7 Å². The smallest absolute Gasteiger partial charge is 0.245 e. The number of likely N-dealkylation sites (tertiary alicyclic amines) is 2. The van der Waals surface area contributed by atoms with Crippen LogP contribution >= 0.6 is 11.8 Å². The van der Waals surface area contributed by atoms with Crippen molar-refractivity contribution in [3.8, 4) is 0 Å². The summed E-state index contributed by atoms with van der Waals surface area (Å²) >= 11 is 1.45. The van der Waals surface area contributed by atoms with Crippen molar-refractivity contribution in [2.24, 2.45) is 51.0 Å². The van der Waals surface area contributed by atoms with Gasteiger partial charge in [-0.05, 0) is 119 Å². The molecule has 524 valence electrons. The molecule has 2 saturated heterocycles. The molecule has 95 heavy (non-hydrogen) atoms. The Balaban J connectivity index is 1.56. The summed E-state index contributed by atoms with van der Waals surface area (Å²) in [6.45, 7) is 3.86. The van der Waals surface area contributed by atoms with Gasteiger partial charge in [0.05, 0.1) is 12.6 Å². The third-order valence-corrected chi connectivity index (χ3v) is 16.7. The van der Waals surface area contributed by atoms with E-state index in [1.165, 1.54) is 21.6 Å². The molecule has 0 aliphatic carbocycles. The average Bonchev–Trinajstić information content (AvgIpc) is 1.74. The molecule has 32 heteroatoms. The molecule has 2 aromatic carbocycles. The largest absolute Gasteiger partial charge is 0.370 e. The molecule has 22 N–H and O–H groups in total. The number of carbonyl (C=O) groups is 13. The normalized spacial score (nSPS) is 16.8. The number of hydrogen-bond acceptors (Lipinski definition) is 17. The molecule has 2 aliphatic rings. The number of aliphatic imine (C=N–C) groups is 1. The maximum atomic E-state index is 14.7. The van der Waals surface area contributed by atoms with Gasteiger partial charge in [-0.15, -0.1) is 0 Å². The maximum absolute atomic E-state index is 14.7. The molecule has 10 atom stereocenters. The summed E-state index contributed by atoms with van der Waals surface area (Å²) < 4.78 is 0. The minimum absolute atomic E-state index is 0.0736. The van der Waals surface area contributed by atoms with E-state index in [9.17, 15) is 62.3 Å². The van der Waals surface area contributed by atoms with Crippen LogP contribution in [0.3, 0.4) is 0 Å². The minimum atomic E-state index is -1.64. The van der Waals surface area contributed by atoms with E-state index in [2.05, 4.69) is 47.5 Å². The summed E-state index contributed by atoms with van der Waals surface area (Å²) in [5.41, 5.74) is 40.6.